The van der Waals surface area contributed by atoms with Crippen LogP contribution < -0.4 is 10.2 Å². The van der Waals surface area contributed by atoms with Crippen molar-refractivity contribution < 1.29 is 4.79 Å². The Morgan fingerprint density at radius 3 is 2.78 bits per heavy atom. The summed E-state index contributed by atoms with van der Waals surface area (Å²) in [6.07, 6.45) is 4.30. The molecular weight excluding hydrogens is 356 g/mol. The third-order valence-corrected chi connectivity index (χ3v) is 5.52. The summed E-state index contributed by atoms with van der Waals surface area (Å²) in [7, 11) is 0. The van der Waals surface area contributed by atoms with Crippen LogP contribution in [0.2, 0.25) is 0 Å². The molecule has 0 aliphatic carbocycles. The standard InChI is InChI=1S/C21H28N4OS/c1-17-5-3-6-20(15-17)25-13-11-24(12-14-25)10-4-9-22-21(26)8-7-19-16-27-18(2)23-19/h3,5-8,15-16H,4,9-14H2,1-2H3,(H,22,26)/b8-7+. The first-order chi connectivity index (χ1) is 13.1. The zero-order chi connectivity index (χ0) is 19.1. The Morgan fingerprint density at radius 1 is 1.26 bits per heavy atom. The Kier molecular flexibility index (Phi) is 7.01. The van der Waals surface area contributed by atoms with Crippen molar-refractivity contribution in [2.24, 2.45) is 0 Å². The minimum absolute atomic E-state index is 0.0510. The maximum Gasteiger partial charge on any atom is 0.244 e. The second kappa shape index (κ2) is 9.67. The second-order valence-electron chi connectivity index (χ2n) is 6.94. The molecule has 2 aromatic rings. The quantitative estimate of drug-likeness (QED) is 0.589. The van der Waals surface area contributed by atoms with E-state index in [0.717, 1.165) is 49.8 Å². The van der Waals surface area contributed by atoms with Crippen LogP contribution >= 0.6 is 11.3 Å². The number of hydrogen-bond donors (Lipinski definition) is 1. The van der Waals surface area contributed by atoms with Crippen molar-refractivity contribution in [1.29, 1.82) is 0 Å². The molecule has 144 valence electrons. The lowest BCUT2D eigenvalue weighted by Gasteiger charge is -2.36. The highest BCUT2D eigenvalue weighted by atomic mass is 32.1. The Bertz CT molecular complexity index is 778. The van der Waals surface area contributed by atoms with Crippen LogP contribution in [0.5, 0.6) is 0 Å². The molecule has 1 fully saturated rings. The summed E-state index contributed by atoms with van der Waals surface area (Å²) < 4.78 is 0. The third kappa shape index (κ3) is 6.19. The van der Waals surface area contributed by atoms with E-state index in [9.17, 15) is 4.79 Å². The highest BCUT2D eigenvalue weighted by Crippen LogP contribution is 2.17. The van der Waals surface area contributed by atoms with Crippen LogP contribution in [0, 0.1) is 13.8 Å². The molecule has 0 spiro atoms. The van der Waals surface area contributed by atoms with Gasteiger partial charge in [-0.1, -0.05) is 12.1 Å². The zero-order valence-electron chi connectivity index (χ0n) is 16.1. The van der Waals surface area contributed by atoms with E-state index in [2.05, 4.69) is 51.3 Å². The van der Waals surface area contributed by atoms with Gasteiger partial charge in [0.25, 0.3) is 0 Å². The fourth-order valence-corrected chi connectivity index (χ4v) is 3.83. The molecule has 1 aromatic carbocycles. The third-order valence-electron chi connectivity index (χ3n) is 4.73. The Labute approximate surface area is 165 Å². The van der Waals surface area contributed by atoms with Gasteiger partial charge in [0.15, 0.2) is 0 Å². The molecule has 27 heavy (non-hydrogen) atoms. The fraction of sp³-hybridized carbons (Fsp3) is 0.429. The Morgan fingerprint density at radius 2 is 2.07 bits per heavy atom. The van der Waals surface area contributed by atoms with Crippen molar-refractivity contribution in [2.75, 3.05) is 44.2 Å². The molecule has 0 bridgehead atoms. The first-order valence-corrected chi connectivity index (χ1v) is 10.4. The van der Waals surface area contributed by atoms with Crippen molar-refractivity contribution in [1.82, 2.24) is 15.2 Å². The van der Waals surface area contributed by atoms with E-state index in [1.807, 2.05) is 12.3 Å². The fourth-order valence-electron chi connectivity index (χ4n) is 3.25. The minimum Gasteiger partial charge on any atom is -0.369 e. The average Bonchev–Trinajstić information content (AvgIpc) is 3.09. The lowest BCUT2D eigenvalue weighted by molar-refractivity contribution is -0.116. The molecule has 0 unspecified atom stereocenters. The van der Waals surface area contributed by atoms with Crippen LogP contribution in [0.4, 0.5) is 5.69 Å². The van der Waals surface area contributed by atoms with Crippen LogP contribution in [0.15, 0.2) is 35.7 Å². The number of benzene rings is 1. The van der Waals surface area contributed by atoms with Gasteiger partial charge in [0.05, 0.1) is 10.7 Å². The van der Waals surface area contributed by atoms with E-state index in [0.29, 0.717) is 6.54 Å². The molecule has 1 aliphatic heterocycles. The molecule has 1 amide bonds. The summed E-state index contributed by atoms with van der Waals surface area (Å²) in [5, 5.41) is 5.92. The maximum absolute atomic E-state index is 11.9. The Balaban J connectivity index is 1.31. The number of thiazole rings is 1. The summed E-state index contributed by atoms with van der Waals surface area (Å²) >= 11 is 1.59. The smallest absolute Gasteiger partial charge is 0.244 e. The van der Waals surface area contributed by atoms with E-state index in [1.165, 1.54) is 11.3 Å². The van der Waals surface area contributed by atoms with E-state index in [-0.39, 0.29) is 5.91 Å². The van der Waals surface area contributed by atoms with Crippen molar-refractivity contribution in [3.8, 4) is 0 Å². The minimum atomic E-state index is -0.0510. The number of aryl methyl sites for hydroxylation is 2. The highest BCUT2D eigenvalue weighted by molar-refractivity contribution is 7.09. The molecule has 0 saturated carbocycles. The molecule has 6 heteroatoms. The topological polar surface area (TPSA) is 48.5 Å². The molecule has 3 rings (SSSR count). The number of nitrogens with zero attached hydrogens (tertiary/aromatic N) is 3. The van der Waals surface area contributed by atoms with Gasteiger partial charge >= 0.3 is 0 Å². The van der Waals surface area contributed by atoms with E-state index in [4.69, 9.17) is 0 Å². The van der Waals surface area contributed by atoms with Crippen LogP contribution in [-0.4, -0.2) is 55.1 Å². The average molecular weight is 385 g/mol. The molecule has 0 atom stereocenters. The number of carbonyl (C=O) groups excluding carboxylic acids is 1. The van der Waals surface area contributed by atoms with Gasteiger partial charge in [0.2, 0.25) is 5.91 Å². The molecule has 1 aliphatic rings. The van der Waals surface area contributed by atoms with Crippen molar-refractivity contribution in [3.05, 3.63) is 52.0 Å². The first kappa shape index (κ1) is 19.6. The van der Waals surface area contributed by atoms with Gasteiger partial charge in [-0.2, -0.15) is 0 Å². The zero-order valence-corrected chi connectivity index (χ0v) is 17.0. The Hall–Kier alpha value is -2.18. The van der Waals surface area contributed by atoms with Gasteiger partial charge in [-0.15, -0.1) is 11.3 Å². The second-order valence-corrected chi connectivity index (χ2v) is 8.00. The number of anilines is 1. The van der Waals surface area contributed by atoms with Gasteiger partial charge in [-0.25, -0.2) is 4.98 Å². The summed E-state index contributed by atoms with van der Waals surface area (Å²) in [4.78, 5) is 21.1. The normalized spacial score (nSPS) is 15.4. The number of carbonyl (C=O) groups is 1. The predicted octanol–water partition coefficient (Wildman–Crippen LogP) is 3.10. The largest absolute Gasteiger partial charge is 0.369 e. The van der Waals surface area contributed by atoms with Crippen LogP contribution in [0.25, 0.3) is 6.08 Å². The molecular formula is C21H28N4OS. The van der Waals surface area contributed by atoms with Gasteiger partial charge in [-0.3, -0.25) is 9.69 Å². The number of hydrogen-bond acceptors (Lipinski definition) is 5. The lowest BCUT2D eigenvalue weighted by atomic mass is 10.2. The van der Waals surface area contributed by atoms with E-state index in [1.54, 1.807) is 23.5 Å². The monoisotopic (exact) mass is 384 g/mol. The van der Waals surface area contributed by atoms with Gasteiger partial charge < -0.3 is 10.2 Å². The summed E-state index contributed by atoms with van der Waals surface area (Å²) in [6.45, 7) is 10.1. The van der Waals surface area contributed by atoms with Crippen LogP contribution in [0.1, 0.15) is 22.7 Å². The molecule has 5 nitrogen and oxygen atoms in total. The number of nitrogens with one attached hydrogen (secondary N) is 1. The van der Waals surface area contributed by atoms with Gasteiger partial charge in [-0.05, 0) is 50.6 Å². The molecule has 1 saturated heterocycles. The van der Waals surface area contributed by atoms with Gasteiger partial charge in [0.1, 0.15) is 0 Å². The highest BCUT2D eigenvalue weighted by Gasteiger charge is 2.16. The van der Waals surface area contributed by atoms with Crippen LogP contribution in [0.3, 0.4) is 0 Å². The SMILES string of the molecule is Cc1cccc(N2CCN(CCCNC(=O)/C=C/c3csc(C)n3)CC2)c1. The summed E-state index contributed by atoms with van der Waals surface area (Å²) in [5.41, 5.74) is 3.48. The molecule has 1 N–H and O–H groups in total. The maximum atomic E-state index is 11.9. The van der Waals surface area contributed by atoms with Crippen LogP contribution in [-0.2, 0) is 4.79 Å². The number of amides is 1. The lowest BCUT2D eigenvalue weighted by Crippen LogP contribution is -2.47. The summed E-state index contributed by atoms with van der Waals surface area (Å²) in [6, 6.07) is 8.72. The molecule has 1 aromatic heterocycles. The molecule has 0 radical (unpaired) electrons. The van der Waals surface area contributed by atoms with Crippen molar-refractivity contribution in [3.63, 3.8) is 0 Å². The van der Waals surface area contributed by atoms with Crippen molar-refractivity contribution in [2.45, 2.75) is 20.3 Å². The first-order valence-electron chi connectivity index (χ1n) is 9.52. The van der Waals surface area contributed by atoms with E-state index < -0.39 is 0 Å². The number of aromatic nitrogens is 1. The summed E-state index contributed by atoms with van der Waals surface area (Å²) in [5.74, 6) is -0.0510. The van der Waals surface area contributed by atoms with Crippen molar-refractivity contribution >= 4 is 29.0 Å². The number of piperazine rings is 1. The number of rotatable bonds is 7. The van der Waals surface area contributed by atoms with Gasteiger partial charge in [0, 0.05) is 49.9 Å². The van der Waals surface area contributed by atoms with E-state index >= 15 is 0 Å². The molecule has 2 heterocycles. The predicted molar refractivity (Wildman–Crippen MR) is 113 cm³/mol.